The molecule has 0 unspecified atom stereocenters. The third-order valence-corrected chi connectivity index (χ3v) is 4.99. The molecule has 0 rings (SSSR count). The summed E-state index contributed by atoms with van der Waals surface area (Å²) in [6.45, 7) is 12.2. The zero-order valence-electron chi connectivity index (χ0n) is 10.3. The van der Waals surface area contributed by atoms with E-state index in [2.05, 4.69) is 21.3 Å². The molecule has 0 nitrogen and oxygen atoms in total. The van der Waals surface area contributed by atoms with Crippen molar-refractivity contribution in [2.75, 3.05) is 0 Å². The second-order valence-electron chi connectivity index (χ2n) is 5.57. The standard InChI is InChI=1S/C12H18Cl2Ge/c1-11(2,3)7-9-15(13,14)10-8-12(4,5)6/h1-6H3. The van der Waals surface area contributed by atoms with Crippen LogP contribution in [0.4, 0.5) is 0 Å². The molecule has 0 radical (unpaired) electrons. The van der Waals surface area contributed by atoms with Crippen molar-refractivity contribution >= 4 is 31.4 Å². The molecular weight excluding hydrogens is 288 g/mol. The minimum atomic E-state index is -3.20. The van der Waals surface area contributed by atoms with Crippen LogP contribution in [0.15, 0.2) is 0 Å². The van der Waals surface area contributed by atoms with Crippen molar-refractivity contribution in [3.05, 3.63) is 0 Å². The maximum atomic E-state index is 6.15. The molecule has 0 aromatic heterocycles. The van der Waals surface area contributed by atoms with Gasteiger partial charge in [-0.3, -0.25) is 0 Å². The van der Waals surface area contributed by atoms with E-state index in [1.165, 1.54) is 0 Å². The Morgan fingerprint density at radius 3 is 1.20 bits per heavy atom. The van der Waals surface area contributed by atoms with Crippen LogP contribution >= 0.6 is 20.0 Å². The summed E-state index contributed by atoms with van der Waals surface area (Å²) < 4.78 is 5.93. The summed E-state index contributed by atoms with van der Waals surface area (Å²) in [6.07, 6.45) is 0. The van der Waals surface area contributed by atoms with E-state index in [1.807, 2.05) is 41.5 Å². The van der Waals surface area contributed by atoms with Crippen molar-refractivity contribution in [2.45, 2.75) is 41.5 Å². The number of halogens is 2. The topological polar surface area (TPSA) is 0 Å². The molecule has 0 saturated heterocycles. The van der Waals surface area contributed by atoms with Gasteiger partial charge in [-0.25, -0.2) is 0 Å². The van der Waals surface area contributed by atoms with Gasteiger partial charge in [0.05, 0.1) is 0 Å². The summed E-state index contributed by atoms with van der Waals surface area (Å²) in [5.41, 5.74) is -0.132. The van der Waals surface area contributed by atoms with Gasteiger partial charge in [-0.1, -0.05) is 0 Å². The fourth-order valence-electron chi connectivity index (χ4n) is 0.563. The van der Waals surface area contributed by atoms with Gasteiger partial charge in [0.15, 0.2) is 0 Å². The van der Waals surface area contributed by atoms with Gasteiger partial charge in [0.2, 0.25) is 0 Å². The maximum absolute atomic E-state index is 6.15. The average molecular weight is 306 g/mol. The SMILES string of the molecule is CC(C)(C)C#[C][Ge]([Cl])([Cl])[C]#CC(C)(C)C. The molecule has 0 saturated carbocycles. The number of hydrogen-bond donors (Lipinski definition) is 0. The molecule has 0 heterocycles. The Hall–Kier alpha value is 0.243. The van der Waals surface area contributed by atoms with Crippen LogP contribution < -0.4 is 0 Å². The molecule has 0 aromatic carbocycles. The molecule has 3 heteroatoms. The molecule has 0 atom stereocenters. The predicted octanol–water partition coefficient (Wildman–Crippen LogP) is 4.08. The van der Waals surface area contributed by atoms with Crippen LogP contribution in [0.25, 0.3) is 0 Å². The Morgan fingerprint density at radius 2 is 1.00 bits per heavy atom. The van der Waals surface area contributed by atoms with Crippen LogP contribution in [0.5, 0.6) is 0 Å². The summed E-state index contributed by atoms with van der Waals surface area (Å²) >= 11 is -3.20. The van der Waals surface area contributed by atoms with E-state index in [0.29, 0.717) is 0 Å². The van der Waals surface area contributed by atoms with Gasteiger partial charge in [0.25, 0.3) is 0 Å². The van der Waals surface area contributed by atoms with Crippen LogP contribution in [-0.4, -0.2) is 11.4 Å². The molecule has 0 aromatic rings. The Morgan fingerprint density at radius 1 is 0.733 bits per heavy atom. The monoisotopic (exact) mass is 306 g/mol. The van der Waals surface area contributed by atoms with Crippen LogP contribution in [0.2, 0.25) is 0 Å². The molecule has 0 aliphatic carbocycles. The Labute approximate surface area is 105 Å². The van der Waals surface area contributed by atoms with Gasteiger partial charge in [-0.2, -0.15) is 0 Å². The summed E-state index contributed by atoms with van der Waals surface area (Å²) in [5.74, 6) is 6.13. The van der Waals surface area contributed by atoms with Gasteiger partial charge in [0.1, 0.15) is 0 Å². The molecule has 0 N–H and O–H groups in total. The molecule has 84 valence electrons. The van der Waals surface area contributed by atoms with Crippen molar-refractivity contribution in [1.82, 2.24) is 0 Å². The number of rotatable bonds is 0. The van der Waals surface area contributed by atoms with E-state index in [1.54, 1.807) is 0 Å². The van der Waals surface area contributed by atoms with Crippen molar-refractivity contribution in [3.8, 4) is 21.3 Å². The van der Waals surface area contributed by atoms with E-state index >= 15 is 0 Å². The number of hydrogen-bond acceptors (Lipinski definition) is 0. The van der Waals surface area contributed by atoms with E-state index in [9.17, 15) is 0 Å². The van der Waals surface area contributed by atoms with Crippen molar-refractivity contribution in [3.63, 3.8) is 0 Å². The average Bonchev–Trinajstić information content (AvgIpc) is 1.96. The van der Waals surface area contributed by atoms with Crippen molar-refractivity contribution in [1.29, 1.82) is 0 Å². The second-order valence-corrected chi connectivity index (χ2v) is 15.9. The van der Waals surface area contributed by atoms with Crippen LogP contribution in [0.3, 0.4) is 0 Å². The van der Waals surface area contributed by atoms with E-state index < -0.39 is 11.4 Å². The zero-order valence-corrected chi connectivity index (χ0v) is 13.9. The van der Waals surface area contributed by atoms with Crippen molar-refractivity contribution < 1.29 is 0 Å². The van der Waals surface area contributed by atoms with Crippen molar-refractivity contribution in [2.24, 2.45) is 10.8 Å². The van der Waals surface area contributed by atoms with Gasteiger partial charge < -0.3 is 0 Å². The molecule has 0 spiro atoms. The first-order valence-electron chi connectivity index (χ1n) is 4.88. The zero-order chi connectivity index (χ0) is 12.3. The third-order valence-electron chi connectivity index (χ3n) is 1.19. The first-order chi connectivity index (χ1) is 6.41. The Bertz CT molecular complexity index is 300. The Kier molecular flexibility index (Phi) is 5.13. The molecule has 0 fully saturated rings. The molecule has 15 heavy (non-hydrogen) atoms. The van der Waals surface area contributed by atoms with Gasteiger partial charge in [-0.15, -0.1) is 0 Å². The van der Waals surface area contributed by atoms with Crippen LogP contribution in [-0.2, 0) is 0 Å². The summed E-state index contributed by atoms with van der Waals surface area (Å²) in [4.78, 5) is 0. The molecule has 0 bridgehead atoms. The van der Waals surface area contributed by atoms with Gasteiger partial charge >= 0.3 is 105 Å². The fourth-order valence-corrected chi connectivity index (χ4v) is 3.91. The van der Waals surface area contributed by atoms with Crippen LogP contribution in [0.1, 0.15) is 41.5 Å². The van der Waals surface area contributed by atoms with E-state index in [-0.39, 0.29) is 10.8 Å². The Balaban J connectivity index is 4.82. The summed E-state index contributed by atoms with van der Waals surface area (Å²) in [5, 5.41) is 0. The summed E-state index contributed by atoms with van der Waals surface area (Å²) in [6, 6.07) is 0. The third kappa shape index (κ3) is 10.5. The first-order valence-corrected chi connectivity index (χ1v) is 12.5. The molecular formula is C12H18Cl2Ge. The predicted molar refractivity (Wildman–Crippen MR) is 71.9 cm³/mol. The molecule has 0 aliphatic rings. The van der Waals surface area contributed by atoms with E-state index in [0.717, 1.165) is 0 Å². The van der Waals surface area contributed by atoms with E-state index in [4.69, 9.17) is 20.0 Å². The van der Waals surface area contributed by atoms with Gasteiger partial charge in [0, 0.05) is 0 Å². The molecule has 0 aliphatic heterocycles. The minimum absolute atomic E-state index is 0.0658. The quantitative estimate of drug-likeness (QED) is 0.467. The molecule has 0 amide bonds. The first kappa shape index (κ1) is 15.2. The van der Waals surface area contributed by atoms with Gasteiger partial charge in [-0.05, 0) is 0 Å². The fraction of sp³-hybridized carbons (Fsp3) is 0.667. The second kappa shape index (κ2) is 5.05. The normalized spacial score (nSPS) is 12.3. The van der Waals surface area contributed by atoms with Crippen LogP contribution in [0, 0.1) is 32.2 Å². The summed E-state index contributed by atoms with van der Waals surface area (Å²) in [7, 11) is 12.3.